The first-order chi connectivity index (χ1) is 8.83. The van der Waals surface area contributed by atoms with Gasteiger partial charge in [-0.3, -0.25) is 0 Å². The molecule has 0 unspecified atom stereocenters. The van der Waals surface area contributed by atoms with E-state index in [1.807, 2.05) is 18.2 Å². The third-order valence-corrected chi connectivity index (χ3v) is 3.05. The van der Waals surface area contributed by atoms with Crippen molar-refractivity contribution < 1.29 is 0 Å². The van der Waals surface area contributed by atoms with E-state index in [0.717, 1.165) is 18.7 Å². The van der Waals surface area contributed by atoms with Gasteiger partial charge in [-0.1, -0.05) is 55.1 Å². The summed E-state index contributed by atoms with van der Waals surface area (Å²) in [5.41, 5.74) is 3.61. The molecule has 0 aliphatic carbocycles. The third kappa shape index (κ3) is 3.01. The third-order valence-electron chi connectivity index (χ3n) is 3.05. The van der Waals surface area contributed by atoms with Crippen molar-refractivity contribution in [1.29, 1.82) is 0 Å². The molecule has 0 atom stereocenters. The summed E-state index contributed by atoms with van der Waals surface area (Å²) >= 11 is 0. The van der Waals surface area contributed by atoms with Crippen LogP contribution in [0.15, 0.2) is 54.6 Å². The summed E-state index contributed by atoms with van der Waals surface area (Å²) in [6.45, 7) is 9.59. The quantitative estimate of drug-likeness (QED) is 0.753. The predicted molar refractivity (Wildman–Crippen MR) is 78.4 cm³/mol. The lowest BCUT2D eigenvalue weighted by Gasteiger charge is -2.23. The molecule has 2 aromatic rings. The van der Waals surface area contributed by atoms with Gasteiger partial charge in [0.15, 0.2) is 0 Å². The van der Waals surface area contributed by atoms with Crippen molar-refractivity contribution >= 4 is 11.8 Å². The highest BCUT2D eigenvalue weighted by atomic mass is 15.1. The molecule has 2 aromatic carbocycles. The van der Waals surface area contributed by atoms with E-state index in [1.165, 1.54) is 11.3 Å². The van der Waals surface area contributed by atoms with E-state index in [9.17, 15) is 0 Å². The van der Waals surface area contributed by atoms with Crippen molar-refractivity contribution in [2.75, 3.05) is 11.4 Å². The van der Waals surface area contributed by atoms with E-state index >= 15 is 0 Å². The smallest absolute Gasteiger partial charge is 0.0429 e. The van der Waals surface area contributed by atoms with Crippen molar-refractivity contribution in [1.82, 2.24) is 0 Å². The Morgan fingerprint density at radius 2 is 1.67 bits per heavy atom. The second-order valence-electron chi connectivity index (χ2n) is 4.26. The zero-order valence-electron chi connectivity index (χ0n) is 10.7. The topological polar surface area (TPSA) is 3.24 Å². The Hall–Kier alpha value is -2.02. The van der Waals surface area contributed by atoms with E-state index in [1.54, 1.807) is 6.08 Å². The van der Waals surface area contributed by atoms with Crippen LogP contribution in [0.4, 0.5) is 5.69 Å². The van der Waals surface area contributed by atoms with Crippen molar-refractivity contribution in [2.24, 2.45) is 0 Å². The highest BCUT2D eigenvalue weighted by Crippen LogP contribution is 2.18. The maximum atomic E-state index is 5.49. The second-order valence-corrected chi connectivity index (χ2v) is 4.26. The standard InChI is InChI=1S/C17H18N/c1-3-15-10-12-17(13-11-15)18(4-2)14-16-8-6-5-7-9-16/h1,3,5-13H,4,14H2,2H3. The van der Waals surface area contributed by atoms with Crippen molar-refractivity contribution in [3.05, 3.63) is 72.3 Å². The summed E-state index contributed by atoms with van der Waals surface area (Å²) in [7, 11) is 0. The Bertz CT molecular complexity index is 485. The molecule has 1 nitrogen and oxygen atoms in total. The minimum absolute atomic E-state index is 0.934. The zero-order valence-corrected chi connectivity index (χ0v) is 10.7. The Labute approximate surface area is 109 Å². The normalized spacial score (nSPS) is 10.1. The maximum Gasteiger partial charge on any atom is 0.0429 e. The molecule has 0 N–H and O–H groups in total. The highest BCUT2D eigenvalue weighted by molar-refractivity contribution is 5.54. The minimum atomic E-state index is 0.934. The molecule has 0 fully saturated rings. The van der Waals surface area contributed by atoms with Gasteiger partial charge in [-0.25, -0.2) is 0 Å². The van der Waals surface area contributed by atoms with Crippen LogP contribution in [0.25, 0.3) is 6.08 Å². The molecule has 0 amide bonds. The van der Waals surface area contributed by atoms with E-state index in [4.69, 9.17) is 6.58 Å². The van der Waals surface area contributed by atoms with E-state index < -0.39 is 0 Å². The molecule has 0 aliphatic rings. The molecule has 0 aromatic heterocycles. The number of anilines is 1. The fourth-order valence-electron chi connectivity index (χ4n) is 1.99. The second kappa shape index (κ2) is 6.06. The van der Waals surface area contributed by atoms with Crippen LogP contribution in [0.3, 0.4) is 0 Å². The fraction of sp³-hybridized carbons (Fsp3) is 0.176. The van der Waals surface area contributed by atoms with Gasteiger partial charge in [0.2, 0.25) is 0 Å². The molecule has 18 heavy (non-hydrogen) atoms. The number of hydrogen-bond donors (Lipinski definition) is 0. The molecule has 0 aliphatic heterocycles. The van der Waals surface area contributed by atoms with E-state index in [2.05, 4.69) is 48.2 Å². The lowest BCUT2D eigenvalue weighted by molar-refractivity contribution is 0.832. The zero-order chi connectivity index (χ0) is 12.8. The summed E-state index contributed by atoms with van der Waals surface area (Å²) in [4.78, 5) is 2.34. The maximum absolute atomic E-state index is 5.49. The van der Waals surface area contributed by atoms with Crippen molar-refractivity contribution in [3.63, 3.8) is 0 Å². The Balaban J connectivity index is 2.15. The van der Waals surface area contributed by atoms with Gasteiger partial charge < -0.3 is 4.90 Å². The van der Waals surface area contributed by atoms with E-state index in [-0.39, 0.29) is 0 Å². The van der Waals surface area contributed by atoms with Gasteiger partial charge in [-0.15, -0.1) is 0 Å². The SMILES string of the molecule is [CH]=Cc1ccc(N(CC)Cc2ccccc2)cc1. The fourth-order valence-corrected chi connectivity index (χ4v) is 1.99. The summed E-state index contributed by atoms with van der Waals surface area (Å²) in [6.07, 6.45) is 1.62. The average Bonchev–Trinajstić information content (AvgIpc) is 2.46. The van der Waals surface area contributed by atoms with Gasteiger partial charge >= 0.3 is 0 Å². The van der Waals surface area contributed by atoms with Crippen LogP contribution in [0.1, 0.15) is 18.1 Å². The monoisotopic (exact) mass is 236 g/mol. The number of rotatable bonds is 5. The summed E-state index contributed by atoms with van der Waals surface area (Å²) < 4.78 is 0. The predicted octanol–water partition coefficient (Wildman–Crippen LogP) is 4.16. The minimum Gasteiger partial charge on any atom is -0.367 e. The lowest BCUT2D eigenvalue weighted by atomic mass is 10.1. The van der Waals surface area contributed by atoms with Gasteiger partial charge in [0.05, 0.1) is 0 Å². The molecule has 0 spiro atoms. The van der Waals surface area contributed by atoms with Crippen LogP contribution in [0.5, 0.6) is 0 Å². The molecule has 2 rings (SSSR count). The summed E-state index contributed by atoms with van der Waals surface area (Å²) in [5.74, 6) is 0. The molecule has 1 heteroatoms. The summed E-state index contributed by atoms with van der Waals surface area (Å²) in [5, 5.41) is 0. The van der Waals surface area contributed by atoms with Crippen LogP contribution in [0, 0.1) is 6.58 Å². The van der Waals surface area contributed by atoms with Gasteiger partial charge in [0.1, 0.15) is 0 Å². The van der Waals surface area contributed by atoms with Crippen LogP contribution in [-0.2, 0) is 6.54 Å². The Morgan fingerprint density at radius 1 is 1.00 bits per heavy atom. The molecule has 0 heterocycles. The van der Waals surface area contributed by atoms with Crippen LogP contribution in [-0.4, -0.2) is 6.54 Å². The Morgan fingerprint density at radius 3 is 2.22 bits per heavy atom. The number of nitrogens with zero attached hydrogens (tertiary/aromatic N) is 1. The van der Waals surface area contributed by atoms with Crippen molar-refractivity contribution in [2.45, 2.75) is 13.5 Å². The first-order valence-corrected chi connectivity index (χ1v) is 6.27. The van der Waals surface area contributed by atoms with Crippen LogP contribution < -0.4 is 4.90 Å². The lowest BCUT2D eigenvalue weighted by Crippen LogP contribution is -2.21. The van der Waals surface area contributed by atoms with Crippen molar-refractivity contribution in [3.8, 4) is 0 Å². The summed E-state index contributed by atoms with van der Waals surface area (Å²) in [6, 6.07) is 18.8. The molecule has 0 saturated heterocycles. The van der Waals surface area contributed by atoms with Gasteiger partial charge in [0.25, 0.3) is 0 Å². The first-order valence-electron chi connectivity index (χ1n) is 6.27. The number of hydrogen-bond acceptors (Lipinski definition) is 1. The molecule has 1 radical (unpaired) electrons. The molecular formula is C17H18N. The average molecular weight is 236 g/mol. The van der Waals surface area contributed by atoms with E-state index in [0.29, 0.717) is 0 Å². The highest BCUT2D eigenvalue weighted by Gasteiger charge is 2.04. The number of benzene rings is 2. The largest absolute Gasteiger partial charge is 0.367 e. The van der Waals surface area contributed by atoms with Gasteiger partial charge in [-0.2, -0.15) is 0 Å². The van der Waals surface area contributed by atoms with Gasteiger partial charge in [-0.05, 0) is 30.2 Å². The Kier molecular flexibility index (Phi) is 4.19. The molecule has 91 valence electrons. The van der Waals surface area contributed by atoms with Crippen LogP contribution >= 0.6 is 0 Å². The van der Waals surface area contributed by atoms with Crippen LogP contribution in [0.2, 0.25) is 0 Å². The molecular weight excluding hydrogens is 218 g/mol. The van der Waals surface area contributed by atoms with Gasteiger partial charge in [0, 0.05) is 18.8 Å². The molecule has 0 saturated carbocycles. The first kappa shape index (κ1) is 12.4. The molecule has 0 bridgehead atoms.